The number of anilines is 1. The van der Waals surface area contributed by atoms with E-state index < -0.39 is 48.8 Å². The second-order valence-corrected chi connectivity index (χ2v) is 10.4. The van der Waals surface area contributed by atoms with Crippen LogP contribution in [0.2, 0.25) is 0 Å². The standard InChI is InChI=1S/C11H18N5O11P3/c1-7(3-25-6-28(18,19)26-30(23,24)27-29(20,21)22)8(2-17)16-5-15-9-10(12)13-4-14-11(9)16/h4-5,8,17H,1-3,6H2,(H,18,19)(H,23,24)(H2,12,13,14)(H2,20,21,22). The van der Waals surface area contributed by atoms with E-state index in [1.807, 2.05) is 0 Å². The van der Waals surface area contributed by atoms with E-state index in [0.717, 1.165) is 0 Å². The number of hydrogen-bond donors (Lipinski definition) is 6. The fourth-order valence-electron chi connectivity index (χ4n) is 2.23. The maximum absolute atomic E-state index is 11.8. The number of nitrogens with zero attached hydrogens (tertiary/aromatic N) is 4. The van der Waals surface area contributed by atoms with Gasteiger partial charge in [0, 0.05) is 0 Å². The number of hydrogen-bond acceptors (Lipinski definition) is 11. The lowest BCUT2D eigenvalue weighted by atomic mass is 10.1. The first-order valence-corrected chi connectivity index (χ1v) is 12.5. The van der Waals surface area contributed by atoms with E-state index in [0.29, 0.717) is 0 Å². The molecule has 16 nitrogen and oxygen atoms in total. The summed E-state index contributed by atoms with van der Waals surface area (Å²) in [7, 11) is -16.0. The second kappa shape index (κ2) is 9.30. The molecule has 2 heterocycles. The monoisotopic (exact) mass is 489 g/mol. The molecule has 3 unspecified atom stereocenters. The number of aliphatic hydroxyl groups is 1. The lowest BCUT2D eigenvalue weighted by molar-refractivity contribution is 0.158. The lowest BCUT2D eigenvalue weighted by Gasteiger charge is -2.20. The average Bonchev–Trinajstić information content (AvgIpc) is 2.97. The number of phosphoric acid groups is 2. The van der Waals surface area contributed by atoms with E-state index in [4.69, 9.17) is 25.2 Å². The molecule has 0 radical (unpaired) electrons. The predicted molar refractivity (Wildman–Crippen MR) is 99.7 cm³/mol. The Morgan fingerprint density at radius 2 is 1.83 bits per heavy atom. The van der Waals surface area contributed by atoms with Crippen LogP contribution in [-0.2, 0) is 27.1 Å². The van der Waals surface area contributed by atoms with E-state index in [9.17, 15) is 23.7 Å². The molecule has 7 N–H and O–H groups in total. The van der Waals surface area contributed by atoms with E-state index >= 15 is 0 Å². The summed E-state index contributed by atoms with van der Waals surface area (Å²) in [5, 5.41) is 9.69. The Morgan fingerprint density at radius 1 is 1.17 bits per heavy atom. The van der Waals surface area contributed by atoms with Gasteiger partial charge in [-0.2, -0.15) is 4.31 Å². The molecule has 19 heteroatoms. The van der Waals surface area contributed by atoms with Crippen LogP contribution in [-0.4, -0.2) is 63.8 Å². The van der Waals surface area contributed by atoms with E-state index in [1.54, 1.807) is 0 Å². The Morgan fingerprint density at radius 3 is 2.43 bits per heavy atom. The largest absolute Gasteiger partial charge is 0.488 e. The van der Waals surface area contributed by atoms with Crippen LogP contribution < -0.4 is 5.73 Å². The van der Waals surface area contributed by atoms with Gasteiger partial charge in [-0.15, -0.1) is 0 Å². The van der Waals surface area contributed by atoms with Gasteiger partial charge in [-0.25, -0.2) is 28.4 Å². The third-order valence-corrected chi connectivity index (χ3v) is 7.38. The van der Waals surface area contributed by atoms with Crippen molar-refractivity contribution in [3.63, 3.8) is 0 Å². The molecule has 168 valence electrons. The molecule has 2 rings (SSSR count). The van der Waals surface area contributed by atoms with Crippen LogP contribution in [0.4, 0.5) is 5.82 Å². The molecule has 0 aliphatic carbocycles. The Hall–Kier alpha value is -1.54. The molecule has 2 aromatic heterocycles. The van der Waals surface area contributed by atoms with Crippen LogP contribution in [0.5, 0.6) is 0 Å². The van der Waals surface area contributed by atoms with Gasteiger partial charge in [0.2, 0.25) is 0 Å². The summed E-state index contributed by atoms with van der Waals surface area (Å²) in [4.78, 5) is 47.5. The van der Waals surface area contributed by atoms with Crippen molar-refractivity contribution in [2.75, 3.05) is 25.3 Å². The molecule has 0 aliphatic rings. The van der Waals surface area contributed by atoms with Gasteiger partial charge in [-0.3, -0.25) is 4.57 Å². The molecule has 0 amide bonds. The number of imidazole rings is 1. The van der Waals surface area contributed by atoms with Crippen molar-refractivity contribution in [3.05, 3.63) is 24.8 Å². The molecule has 0 bridgehead atoms. The molecular weight excluding hydrogens is 471 g/mol. The van der Waals surface area contributed by atoms with Crippen LogP contribution in [0.3, 0.4) is 0 Å². The van der Waals surface area contributed by atoms with Crippen molar-refractivity contribution in [3.8, 4) is 0 Å². The van der Waals surface area contributed by atoms with Gasteiger partial charge < -0.3 is 39.7 Å². The molecule has 2 aromatic rings. The number of aromatic nitrogens is 4. The Balaban J connectivity index is 2.01. The number of fused-ring (bicyclic) bond motifs is 1. The van der Waals surface area contributed by atoms with Gasteiger partial charge >= 0.3 is 23.2 Å². The lowest BCUT2D eigenvalue weighted by Crippen LogP contribution is -2.18. The van der Waals surface area contributed by atoms with Crippen LogP contribution in [0, 0.1) is 0 Å². The minimum Gasteiger partial charge on any atom is -0.394 e. The summed E-state index contributed by atoms with van der Waals surface area (Å²) in [6.07, 6.45) is 1.36. The highest BCUT2D eigenvalue weighted by Crippen LogP contribution is 2.65. The Labute approximate surface area is 168 Å². The molecule has 0 fully saturated rings. The first-order chi connectivity index (χ1) is 13.7. The summed E-state index contributed by atoms with van der Waals surface area (Å²) in [6.45, 7) is 2.80. The Bertz CT molecular complexity index is 1070. The summed E-state index contributed by atoms with van der Waals surface area (Å²) in [6, 6.07) is -0.828. The minimum absolute atomic E-state index is 0.113. The van der Waals surface area contributed by atoms with Crippen molar-refractivity contribution >= 4 is 40.2 Å². The van der Waals surface area contributed by atoms with Crippen LogP contribution in [0.1, 0.15) is 6.04 Å². The first kappa shape index (κ1) is 24.7. The molecule has 0 aliphatic heterocycles. The third kappa shape index (κ3) is 6.74. The number of aliphatic hydroxyl groups excluding tert-OH is 1. The third-order valence-electron chi connectivity index (χ3n) is 3.35. The summed E-state index contributed by atoms with van der Waals surface area (Å²) in [5.74, 6) is 0.113. The van der Waals surface area contributed by atoms with Crippen molar-refractivity contribution < 1.29 is 51.7 Å². The van der Waals surface area contributed by atoms with Crippen molar-refractivity contribution in [2.45, 2.75) is 6.04 Å². The summed E-state index contributed by atoms with van der Waals surface area (Å²) < 4.78 is 47.4. The zero-order valence-electron chi connectivity index (χ0n) is 15.0. The minimum atomic E-state index is -5.55. The SMILES string of the molecule is C=C(COCP(=O)(O)OP(=O)(O)OP(=O)(O)O)C(CO)n1cnc2c(N)ncnc21. The fourth-order valence-corrected chi connectivity index (χ4v) is 5.50. The molecule has 0 saturated carbocycles. The molecule has 0 aromatic carbocycles. The van der Waals surface area contributed by atoms with Gasteiger partial charge in [0.1, 0.15) is 18.2 Å². The van der Waals surface area contributed by atoms with Crippen molar-refractivity contribution in [1.29, 1.82) is 0 Å². The summed E-state index contributed by atoms with van der Waals surface area (Å²) >= 11 is 0. The maximum Gasteiger partial charge on any atom is 0.488 e. The number of ether oxygens (including phenoxy) is 1. The molecule has 30 heavy (non-hydrogen) atoms. The quantitative estimate of drug-likeness (QED) is 0.178. The highest BCUT2D eigenvalue weighted by Gasteiger charge is 2.39. The maximum atomic E-state index is 11.8. The van der Waals surface area contributed by atoms with Gasteiger partial charge in [0.05, 0.1) is 25.6 Å². The van der Waals surface area contributed by atoms with Crippen molar-refractivity contribution in [1.82, 2.24) is 19.5 Å². The van der Waals surface area contributed by atoms with Gasteiger partial charge in [0.15, 0.2) is 11.5 Å². The van der Waals surface area contributed by atoms with Gasteiger partial charge in [0.25, 0.3) is 0 Å². The average molecular weight is 489 g/mol. The molecule has 0 saturated heterocycles. The van der Waals surface area contributed by atoms with Crippen molar-refractivity contribution in [2.24, 2.45) is 0 Å². The predicted octanol–water partition coefficient (Wildman–Crippen LogP) is -0.116. The molecular formula is C11H18N5O11P3. The molecule has 0 spiro atoms. The van der Waals surface area contributed by atoms with Crippen LogP contribution in [0.15, 0.2) is 24.8 Å². The Kier molecular flexibility index (Phi) is 7.67. The van der Waals surface area contributed by atoms with Gasteiger partial charge in [-0.05, 0) is 5.57 Å². The highest BCUT2D eigenvalue weighted by atomic mass is 31.3. The normalized spacial score (nSPS) is 17.4. The van der Waals surface area contributed by atoms with E-state index in [-0.39, 0.29) is 22.6 Å². The van der Waals surface area contributed by atoms with Crippen LogP contribution >= 0.6 is 23.2 Å². The number of nitrogen functional groups attached to an aromatic ring is 1. The van der Waals surface area contributed by atoms with E-state index in [1.165, 1.54) is 17.2 Å². The van der Waals surface area contributed by atoms with Gasteiger partial charge in [-0.1, -0.05) is 6.58 Å². The zero-order chi connectivity index (χ0) is 22.7. The molecule has 3 atom stereocenters. The smallest absolute Gasteiger partial charge is 0.394 e. The second-order valence-electron chi connectivity index (χ2n) is 5.68. The van der Waals surface area contributed by atoms with E-state index in [2.05, 4.69) is 30.2 Å². The first-order valence-electron chi connectivity index (χ1n) is 7.67. The fraction of sp³-hybridized carbons (Fsp3) is 0.364. The van der Waals surface area contributed by atoms with Crippen LogP contribution in [0.25, 0.3) is 11.2 Å². The zero-order valence-corrected chi connectivity index (χ0v) is 17.6. The number of rotatable bonds is 11. The summed E-state index contributed by atoms with van der Waals surface area (Å²) in [5.41, 5.74) is 6.45. The number of nitrogens with two attached hydrogens (primary N) is 1. The highest BCUT2D eigenvalue weighted by molar-refractivity contribution is 7.68. The topological polar surface area (TPSA) is 250 Å².